The predicted molar refractivity (Wildman–Crippen MR) is 95.5 cm³/mol. The number of amides is 2. The summed E-state index contributed by atoms with van der Waals surface area (Å²) >= 11 is 0. The van der Waals surface area contributed by atoms with Crippen LogP contribution in [0.4, 0.5) is 4.79 Å². The number of carbonyl (C=O) groups excluding carboxylic acids is 1. The second-order valence-corrected chi connectivity index (χ2v) is 6.94. The molecule has 7 heteroatoms. The minimum Gasteiger partial charge on any atom is -0.376 e. The molecule has 2 aliphatic rings. The lowest BCUT2D eigenvalue weighted by Crippen LogP contribution is -2.42. The lowest BCUT2D eigenvalue weighted by molar-refractivity contribution is 0.108. The number of likely N-dealkylation sites (tertiary alicyclic amines) is 1. The summed E-state index contributed by atoms with van der Waals surface area (Å²) in [5, 5.41) is 7.12. The fourth-order valence-corrected chi connectivity index (χ4v) is 3.68. The molecule has 2 saturated heterocycles. The first-order valence-electron chi connectivity index (χ1n) is 9.28. The summed E-state index contributed by atoms with van der Waals surface area (Å²) in [5.41, 5.74) is 2.05. The van der Waals surface area contributed by atoms with E-state index in [9.17, 15) is 4.79 Å². The predicted octanol–water partition coefficient (Wildman–Crippen LogP) is 3.07. The Bertz CT molecular complexity index is 770. The zero-order valence-electron chi connectivity index (χ0n) is 15.0. The number of nitrogens with zero attached hydrogens (tertiary/aromatic N) is 3. The average Bonchev–Trinajstić information content (AvgIpc) is 3.40. The number of urea groups is 1. The van der Waals surface area contributed by atoms with Crippen LogP contribution in [0.1, 0.15) is 43.2 Å². The molecule has 2 aliphatic heterocycles. The minimum atomic E-state index is -0.162. The van der Waals surface area contributed by atoms with Crippen molar-refractivity contribution < 1.29 is 14.1 Å². The van der Waals surface area contributed by atoms with E-state index in [2.05, 4.69) is 15.5 Å². The number of aryl methyl sites for hydroxylation is 1. The zero-order chi connectivity index (χ0) is 17.9. The summed E-state index contributed by atoms with van der Waals surface area (Å²) < 4.78 is 11.1. The molecule has 4 rings (SSSR count). The van der Waals surface area contributed by atoms with Gasteiger partial charge in [0.2, 0.25) is 11.7 Å². The highest BCUT2D eigenvalue weighted by Crippen LogP contribution is 2.32. The molecule has 7 nitrogen and oxygen atoms in total. The molecule has 1 aromatic carbocycles. The summed E-state index contributed by atoms with van der Waals surface area (Å²) in [6, 6.07) is 7.69. The molecule has 0 bridgehead atoms. The van der Waals surface area contributed by atoms with Crippen LogP contribution in [-0.2, 0) is 4.74 Å². The zero-order valence-corrected chi connectivity index (χ0v) is 15.0. The number of rotatable bonds is 4. The molecule has 26 heavy (non-hydrogen) atoms. The van der Waals surface area contributed by atoms with Gasteiger partial charge in [0.15, 0.2) is 0 Å². The van der Waals surface area contributed by atoms with E-state index in [0.29, 0.717) is 24.8 Å². The first kappa shape index (κ1) is 17.0. The Balaban J connectivity index is 1.45. The minimum absolute atomic E-state index is 0.0846. The fourth-order valence-electron chi connectivity index (χ4n) is 3.68. The number of nitrogens with one attached hydrogen (secondary N) is 1. The summed E-state index contributed by atoms with van der Waals surface area (Å²) in [6.45, 7) is 4.06. The number of aromatic nitrogens is 2. The highest BCUT2D eigenvalue weighted by Gasteiger charge is 2.34. The Labute approximate surface area is 152 Å². The molecular weight excluding hydrogens is 332 g/mol. The van der Waals surface area contributed by atoms with Crippen molar-refractivity contribution in [1.82, 2.24) is 20.4 Å². The summed E-state index contributed by atoms with van der Waals surface area (Å²) in [5.74, 6) is 1.08. The first-order chi connectivity index (χ1) is 12.7. The number of hydrogen-bond acceptors (Lipinski definition) is 5. The van der Waals surface area contributed by atoms with Gasteiger partial charge in [0.1, 0.15) is 6.04 Å². The van der Waals surface area contributed by atoms with Crippen molar-refractivity contribution in [2.45, 2.75) is 44.8 Å². The SMILES string of the molecule is Cc1ccccc1-c1noc([C@@H]2CCCN2C(=O)NC[C@H]2CCCO2)n1. The van der Waals surface area contributed by atoms with Gasteiger partial charge in [-0.15, -0.1) is 0 Å². The third-order valence-electron chi connectivity index (χ3n) is 5.13. The molecule has 0 aliphatic carbocycles. The smallest absolute Gasteiger partial charge is 0.318 e. The van der Waals surface area contributed by atoms with Crippen molar-refractivity contribution in [3.8, 4) is 11.4 Å². The van der Waals surface area contributed by atoms with Gasteiger partial charge in [0.05, 0.1) is 6.10 Å². The molecule has 2 amide bonds. The topological polar surface area (TPSA) is 80.5 Å². The van der Waals surface area contributed by atoms with Crippen LogP contribution in [0.2, 0.25) is 0 Å². The molecule has 2 fully saturated rings. The van der Waals surface area contributed by atoms with Gasteiger partial charge >= 0.3 is 6.03 Å². The van der Waals surface area contributed by atoms with Gasteiger partial charge in [-0.05, 0) is 38.2 Å². The molecule has 2 atom stereocenters. The van der Waals surface area contributed by atoms with Gasteiger partial charge < -0.3 is 19.5 Å². The van der Waals surface area contributed by atoms with Crippen LogP contribution >= 0.6 is 0 Å². The third kappa shape index (κ3) is 3.44. The van der Waals surface area contributed by atoms with Crippen molar-refractivity contribution in [3.05, 3.63) is 35.7 Å². The van der Waals surface area contributed by atoms with Crippen molar-refractivity contribution in [3.63, 3.8) is 0 Å². The first-order valence-corrected chi connectivity index (χ1v) is 9.28. The number of ether oxygens (including phenoxy) is 1. The van der Waals surface area contributed by atoms with E-state index < -0.39 is 0 Å². The van der Waals surface area contributed by atoms with E-state index in [1.807, 2.05) is 31.2 Å². The number of hydrogen-bond donors (Lipinski definition) is 1. The summed E-state index contributed by atoms with van der Waals surface area (Å²) in [4.78, 5) is 19.0. The van der Waals surface area contributed by atoms with Gasteiger partial charge in [0, 0.05) is 25.3 Å². The van der Waals surface area contributed by atoms with Gasteiger partial charge in [-0.1, -0.05) is 29.4 Å². The van der Waals surface area contributed by atoms with E-state index in [-0.39, 0.29) is 18.2 Å². The van der Waals surface area contributed by atoms with Crippen molar-refractivity contribution >= 4 is 6.03 Å². The molecule has 138 valence electrons. The molecule has 1 aromatic heterocycles. The molecule has 3 heterocycles. The lowest BCUT2D eigenvalue weighted by atomic mass is 10.1. The molecule has 0 saturated carbocycles. The van der Waals surface area contributed by atoms with Crippen molar-refractivity contribution in [2.24, 2.45) is 0 Å². The molecule has 0 spiro atoms. The molecule has 1 N–H and O–H groups in total. The number of carbonyl (C=O) groups is 1. The molecule has 0 radical (unpaired) electrons. The second-order valence-electron chi connectivity index (χ2n) is 6.94. The van der Waals surface area contributed by atoms with Crippen LogP contribution in [0.3, 0.4) is 0 Å². The van der Waals surface area contributed by atoms with Crippen molar-refractivity contribution in [1.29, 1.82) is 0 Å². The van der Waals surface area contributed by atoms with Gasteiger partial charge in [-0.25, -0.2) is 4.79 Å². The maximum atomic E-state index is 12.6. The Hall–Kier alpha value is -2.41. The molecule has 2 aromatic rings. The Morgan fingerprint density at radius 2 is 2.19 bits per heavy atom. The largest absolute Gasteiger partial charge is 0.376 e. The lowest BCUT2D eigenvalue weighted by Gasteiger charge is -2.23. The highest BCUT2D eigenvalue weighted by molar-refractivity contribution is 5.75. The van der Waals surface area contributed by atoms with Crippen LogP contribution in [0.5, 0.6) is 0 Å². The number of benzene rings is 1. The standard InChI is InChI=1S/C19H24N4O3/c1-13-6-2-3-8-15(13)17-21-18(26-22-17)16-9-4-10-23(16)19(24)20-12-14-7-5-11-25-14/h2-3,6,8,14,16H,4-5,7,9-12H2,1H3,(H,20,24)/t14-,16+/m1/s1. The second kappa shape index (κ2) is 7.45. The maximum Gasteiger partial charge on any atom is 0.318 e. The van der Waals surface area contributed by atoms with E-state index >= 15 is 0 Å². The van der Waals surface area contributed by atoms with Gasteiger partial charge in [-0.2, -0.15) is 4.98 Å². The van der Waals surface area contributed by atoms with Crippen LogP contribution in [0.25, 0.3) is 11.4 Å². The average molecular weight is 356 g/mol. The van der Waals surface area contributed by atoms with Crippen LogP contribution < -0.4 is 5.32 Å². The monoisotopic (exact) mass is 356 g/mol. The van der Waals surface area contributed by atoms with E-state index in [1.54, 1.807) is 4.90 Å². The Kier molecular flexibility index (Phi) is 4.88. The fraction of sp³-hybridized carbons (Fsp3) is 0.526. The van der Waals surface area contributed by atoms with Gasteiger partial charge in [-0.3, -0.25) is 0 Å². The van der Waals surface area contributed by atoms with E-state index in [4.69, 9.17) is 9.26 Å². The van der Waals surface area contributed by atoms with Crippen LogP contribution in [0, 0.1) is 6.92 Å². The van der Waals surface area contributed by atoms with Crippen LogP contribution in [-0.4, -0.2) is 46.9 Å². The normalized spacial score (nSPS) is 22.7. The van der Waals surface area contributed by atoms with E-state index in [0.717, 1.165) is 43.4 Å². The Morgan fingerprint density at radius 1 is 1.31 bits per heavy atom. The maximum absolute atomic E-state index is 12.6. The summed E-state index contributed by atoms with van der Waals surface area (Å²) in [6.07, 6.45) is 3.98. The quantitative estimate of drug-likeness (QED) is 0.910. The molecule has 0 unspecified atom stereocenters. The Morgan fingerprint density at radius 3 is 3.00 bits per heavy atom. The third-order valence-corrected chi connectivity index (χ3v) is 5.13. The van der Waals surface area contributed by atoms with E-state index in [1.165, 1.54) is 0 Å². The summed E-state index contributed by atoms with van der Waals surface area (Å²) in [7, 11) is 0. The highest BCUT2D eigenvalue weighted by atomic mass is 16.5. The molecular formula is C19H24N4O3. The van der Waals surface area contributed by atoms with Gasteiger partial charge in [0.25, 0.3) is 0 Å². The van der Waals surface area contributed by atoms with Crippen molar-refractivity contribution in [2.75, 3.05) is 19.7 Å². The van der Waals surface area contributed by atoms with Crippen LogP contribution in [0.15, 0.2) is 28.8 Å².